The van der Waals surface area contributed by atoms with Gasteiger partial charge in [-0.3, -0.25) is 4.40 Å². The molecule has 5 heterocycles. The number of hydrogen-bond acceptors (Lipinski definition) is 7. The number of anilines is 1. The molecule has 6 bridgehead atoms. The monoisotopic (exact) mass is 654 g/mol. The minimum atomic E-state index is -1.20. The number of benzene rings is 2. The van der Waals surface area contributed by atoms with Gasteiger partial charge in [-0.2, -0.15) is 0 Å². The zero-order chi connectivity index (χ0) is 34.4. The van der Waals surface area contributed by atoms with E-state index in [4.69, 9.17) is 24.2 Å². The van der Waals surface area contributed by atoms with Crippen LogP contribution in [0.15, 0.2) is 42.6 Å². The predicted molar refractivity (Wildman–Crippen MR) is 189 cm³/mol. The lowest BCUT2D eigenvalue weighted by Crippen LogP contribution is -2.45. The number of piperidine rings is 1. The maximum Gasteiger partial charge on any atom is 0.337 e. The van der Waals surface area contributed by atoms with E-state index in [1.807, 2.05) is 38.3 Å². The molecule has 1 saturated heterocycles. The Labute approximate surface area is 284 Å². The lowest BCUT2D eigenvalue weighted by atomic mass is 9.92. The van der Waals surface area contributed by atoms with Crippen LogP contribution in [-0.2, 0) is 14.3 Å². The summed E-state index contributed by atoms with van der Waals surface area (Å²) in [6.07, 6.45) is 5.39. The van der Waals surface area contributed by atoms with Crippen molar-refractivity contribution in [3.63, 3.8) is 0 Å². The standard InChI is InChI=1S/C39H50N4O5/c1-24-20-30-28-13-11-14-29(22-28)31-23-43-35(33(27(4)40-37(43)41-31)34(36(44)45)48-38(5,6)7)42-17-15-39(8,16-18-42)46-19-10-9-12-26(3)47-32(30)21-25(24)2/h11,13-14,20-23,26,34H,9-10,12,15-19H2,1-8H3,(H,44,45). The molecule has 0 saturated carbocycles. The molecule has 2 aromatic heterocycles. The maximum atomic E-state index is 12.8. The minimum Gasteiger partial charge on any atom is -0.490 e. The number of nitrogens with zero attached hydrogens (tertiary/aromatic N) is 4. The highest BCUT2D eigenvalue weighted by molar-refractivity contribution is 5.80. The Morgan fingerprint density at radius 3 is 2.46 bits per heavy atom. The fourth-order valence-electron chi connectivity index (χ4n) is 6.88. The summed E-state index contributed by atoms with van der Waals surface area (Å²) in [7, 11) is 0. The molecule has 3 aliphatic heterocycles. The molecule has 9 heteroatoms. The fourth-order valence-corrected chi connectivity index (χ4v) is 6.88. The predicted octanol–water partition coefficient (Wildman–Crippen LogP) is 8.26. The lowest BCUT2D eigenvalue weighted by Gasteiger charge is -2.41. The van der Waals surface area contributed by atoms with E-state index in [0.717, 1.165) is 66.1 Å². The van der Waals surface area contributed by atoms with Gasteiger partial charge in [0.05, 0.1) is 34.3 Å². The number of imidazole rings is 1. The van der Waals surface area contributed by atoms with Crippen molar-refractivity contribution in [3.05, 3.63) is 65.0 Å². The molecule has 1 fully saturated rings. The first-order valence-electron chi connectivity index (χ1n) is 17.3. The van der Waals surface area contributed by atoms with E-state index in [2.05, 4.69) is 69.0 Å². The van der Waals surface area contributed by atoms with E-state index in [0.29, 0.717) is 36.7 Å². The lowest BCUT2D eigenvalue weighted by molar-refractivity contribution is -0.160. The van der Waals surface area contributed by atoms with Gasteiger partial charge in [-0.25, -0.2) is 14.8 Å². The fraction of sp³-hybridized carbons (Fsp3) is 0.513. The van der Waals surface area contributed by atoms with Crippen LogP contribution >= 0.6 is 0 Å². The Morgan fingerprint density at radius 1 is 1.04 bits per heavy atom. The van der Waals surface area contributed by atoms with E-state index in [1.54, 1.807) is 0 Å². The molecule has 0 radical (unpaired) electrons. The molecule has 256 valence electrons. The maximum absolute atomic E-state index is 12.8. The van der Waals surface area contributed by atoms with Crippen LogP contribution in [0, 0.1) is 20.8 Å². The number of carboxylic acid groups (broad SMARTS) is 1. The second kappa shape index (κ2) is 13.2. The zero-order valence-electron chi connectivity index (χ0n) is 29.7. The van der Waals surface area contributed by atoms with Gasteiger partial charge in [0.1, 0.15) is 11.6 Å². The zero-order valence-corrected chi connectivity index (χ0v) is 29.7. The van der Waals surface area contributed by atoms with Crippen LogP contribution in [0.2, 0.25) is 0 Å². The van der Waals surface area contributed by atoms with Gasteiger partial charge >= 0.3 is 5.97 Å². The third kappa shape index (κ3) is 7.08. The Hall–Kier alpha value is -3.95. The SMILES string of the molecule is Cc1cc2c(cc1C)-c1cccc(c1)-c1cn3c(c(C(OC(C)(C)C)C(=O)O)c(C)nc3n1)N1CCC(C)(CC1)OCCCCC(C)O2. The molecule has 0 aliphatic carbocycles. The molecular formula is C39H50N4O5. The molecule has 2 aromatic carbocycles. The van der Waals surface area contributed by atoms with Gasteiger partial charge in [-0.15, -0.1) is 0 Å². The van der Waals surface area contributed by atoms with Crippen LogP contribution in [0.1, 0.15) is 95.2 Å². The summed E-state index contributed by atoms with van der Waals surface area (Å²) in [4.78, 5) is 25.0. The van der Waals surface area contributed by atoms with E-state index in [1.165, 1.54) is 11.1 Å². The number of rotatable bonds is 3. The van der Waals surface area contributed by atoms with Gasteiger partial charge in [0.15, 0.2) is 6.10 Å². The number of aryl methyl sites for hydroxylation is 3. The summed E-state index contributed by atoms with van der Waals surface area (Å²) in [5.74, 6) is 1.12. The van der Waals surface area contributed by atoms with Crippen molar-refractivity contribution in [2.75, 3.05) is 24.6 Å². The van der Waals surface area contributed by atoms with Gasteiger partial charge in [-0.05, 0) is 122 Å². The van der Waals surface area contributed by atoms with Crippen LogP contribution in [0.4, 0.5) is 5.82 Å². The number of carbonyl (C=O) groups is 1. The Kier molecular flexibility index (Phi) is 9.30. The molecule has 1 N–H and O–H groups in total. The number of aliphatic carboxylic acids is 1. The first-order chi connectivity index (χ1) is 22.7. The van der Waals surface area contributed by atoms with Crippen LogP contribution in [0.25, 0.3) is 28.2 Å². The highest BCUT2D eigenvalue weighted by atomic mass is 16.5. The van der Waals surface area contributed by atoms with E-state index >= 15 is 0 Å². The van der Waals surface area contributed by atoms with Crippen molar-refractivity contribution in [2.45, 2.75) is 111 Å². The van der Waals surface area contributed by atoms with Crippen LogP contribution < -0.4 is 9.64 Å². The first kappa shape index (κ1) is 33.9. The second-order valence-corrected chi connectivity index (χ2v) is 14.9. The highest BCUT2D eigenvalue weighted by Crippen LogP contribution is 2.40. The first-order valence-corrected chi connectivity index (χ1v) is 17.3. The summed E-state index contributed by atoms with van der Waals surface area (Å²) in [6, 6.07) is 12.7. The van der Waals surface area contributed by atoms with Crippen LogP contribution in [0.5, 0.6) is 5.75 Å². The molecule has 3 aliphatic rings. The largest absolute Gasteiger partial charge is 0.490 e. The molecular weight excluding hydrogens is 604 g/mol. The molecule has 2 atom stereocenters. The van der Waals surface area contributed by atoms with E-state index < -0.39 is 17.7 Å². The number of carboxylic acids is 1. The number of fused-ring (bicyclic) bond motifs is 8. The van der Waals surface area contributed by atoms with Crippen molar-refractivity contribution in [1.29, 1.82) is 0 Å². The van der Waals surface area contributed by atoms with E-state index in [9.17, 15) is 9.90 Å². The molecule has 2 unspecified atom stereocenters. The average molecular weight is 655 g/mol. The van der Waals surface area contributed by atoms with Crippen LogP contribution in [-0.4, -0.2) is 62.4 Å². The third-order valence-corrected chi connectivity index (χ3v) is 9.74. The summed E-state index contributed by atoms with van der Waals surface area (Å²) in [5.41, 5.74) is 6.38. The topological polar surface area (TPSA) is 98.4 Å². The van der Waals surface area contributed by atoms with Crippen molar-refractivity contribution in [2.24, 2.45) is 0 Å². The average Bonchev–Trinajstić information content (AvgIpc) is 3.44. The molecule has 48 heavy (non-hydrogen) atoms. The Bertz CT molecular complexity index is 1820. The minimum absolute atomic E-state index is 0.0655. The van der Waals surface area contributed by atoms with Gasteiger partial charge in [-0.1, -0.05) is 18.2 Å². The highest BCUT2D eigenvalue weighted by Gasteiger charge is 2.37. The van der Waals surface area contributed by atoms with Crippen molar-refractivity contribution >= 4 is 17.6 Å². The van der Waals surface area contributed by atoms with Gasteiger partial charge in [0, 0.05) is 37.0 Å². The van der Waals surface area contributed by atoms with Crippen molar-refractivity contribution in [1.82, 2.24) is 14.4 Å². The number of aromatic nitrogens is 3. The normalized spacial score (nSPS) is 21.2. The van der Waals surface area contributed by atoms with Crippen molar-refractivity contribution in [3.8, 4) is 28.1 Å². The summed E-state index contributed by atoms with van der Waals surface area (Å²) >= 11 is 0. The van der Waals surface area contributed by atoms with Crippen LogP contribution in [0.3, 0.4) is 0 Å². The van der Waals surface area contributed by atoms with Gasteiger partial charge in [0.2, 0.25) is 5.78 Å². The van der Waals surface area contributed by atoms with Crippen molar-refractivity contribution < 1.29 is 24.1 Å². The number of ether oxygens (including phenoxy) is 3. The Balaban J connectivity index is 1.54. The molecule has 0 amide bonds. The van der Waals surface area contributed by atoms with E-state index in [-0.39, 0.29) is 11.7 Å². The summed E-state index contributed by atoms with van der Waals surface area (Å²) < 4.78 is 21.3. The molecule has 4 aromatic rings. The third-order valence-electron chi connectivity index (χ3n) is 9.74. The Morgan fingerprint density at radius 2 is 1.75 bits per heavy atom. The molecule has 0 spiro atoms. The molecule has 7 rings (SSSR count). The summed E-state index contributed by atoms with van der Waals surface area (Å²) in [6.45, 7) is 18.2. The number of hydrogen-bond donors (Lipinski definition) is 1. The smallest absolute Gasteiger partial charge is 0.337 e. The second-order valence-electron chi connectivity index (χ2n) is 14.9. The van der Waals surface area contributed by atoms with Gasteiger partial charge in [0.25, 0.3) is 0 Å². The van der Waals surface area contributed by atoms with Gasteiger partial charge < -0.3 is 24.2 Å². The quantitative estimate of drug-likeness (QED) is 0.236. The molecule has 9 nitrogen and oxygen atoms in total. The summed E-state index contributed by atoms with van der Waals surface area (Å²) in [5, 5.41) is 10.5.